The summed E-state index contributed by atoms with van der Waals surface area (Å²) in [6.45, 7) is 0. The van der Waals surface area contributed by atoms with Crippen LogP contribution in [0.5, 0.6) is 0 Å². The third-order valence-corrected chi connectivity index (χ3v) is 0.906. The Hall–Kier alpha value is -1.38. The lowest BCUT2D eigenvalue weighted by atomic mass is 10.4. The van der Waals surface area contributed by atoms with Crippen LogP contribution in [0.1, 0.15) is 0 Å². The average molecular weight is 122 g/mol. The van der Waals surface area contributed by atoms with E-state index in [1.54, 1.807) is 24.5 Å². The summed E-state index contributed by atoms with van der Waals surface area (Å²) in [5.41, 5.74) is 0.764. The highest BCUT2D eigenvalue weighted by Gasteiger charge is 1.82. The number of pyridine rings is 1. The lowest BCUT2D eigenvalue weighted by Gasteiger charge is -1.92. The number of hydrogen-bond donors (Lipinski definition) is 1. The van der Waals surface area contributed by atoms with E-state index in [-0.39, 0.29) is 0 Å². The van der Waals surface area contributed by atoms with Crippen LogP contribution in [0.3, 0.4) is 0 Å². The molecule has 0 atom stereocenters. The molecule has 0 aliphatic heterocycles. The second-order valence-corrected chi connectivity index (χ2v) is 1.50. The van der Waals surface area contributed by atoms with Crippen molar-refractivity contribution in [1.29, 1.82) is 0 Å². The minimum Gasteiger partial charge on any atom is -0.329 e. The molecule has 3 nitrogen and oxygen atoms in total. The van der Waals surface area contributed by atoms with Gasteiger partial charge in [-0.3, -0.25) is 9.78 Å². The van der Waals surface area contributed by atoms with Gasteiger partial charge < -0.3 is 5.32 Å². The lowest BCUT2D eigenvalue weighted by molar-refractivity contribution is -0.105. The molecule has 0 unspecified atom stereocenters. The third-order valence-electron chi connectivity index (χ3n) is 0.906. The summed E-state index contributed by atoms with van der Waals surface area (Å²) in [5.74, 6) is 0. The Bertz CT molecular complexity index is 186. The van der Waals surface area contributed by atoms with Gasteiger partial charge in [-0.05, 0) is 12.1 Å². The predicted octanol–water partition coefficient (Wildman–Crippen LogP) is 0.650. The second-order valence-electron chi connectivity index (χ2n) is 1.50. The van der Waals surface area contributed by atoms with Gasteiger partial charge in [0.25, 0.3) is 0 Å². The Balaban J connectivity index is 2.72. The molecule has 3 heteroatoms. The molecule has 9 heavy (non-hydrogen) atoms. The van der Waals surface area contributed by atoms with E-state index in [1.165, 1.54) is 0 Å². The van der Waals surface area contributed by atoms with Crippen LogP contribution in [0.2, 0.25) is 0 Å². The van der Waals surface area contributed by atoms with Gasteiger partial charge in [-0.1, -0.05) is 0 Å². The van der Waals surface area contributed by atoms with Crippen molar-refractivity contribution in [2.24, 2.45) is 0 Å². The van der Waals surface area contributed by atoms with Crippen molar-refractivity contribution in [2.75, 3.05) is 5.32 Å². The molecular formula is C6H6N2O. The summed E-state index contributed by atoms with van der Waals surface area (Å²) in [6, 6.07) is 3.43. The molecule has 1 heterocycles. The van der Waals surface area contributed by atoms with E-state index < -0.39 is 0 Å². The smallest absolute Gasteiger partial charge is 0.211 e. The minimum absolute atomic E-state index is 0.634. The van der Waals surface area contributed by atoms with Gasteiger partial charge >= 0.3 is 0 Å². The Morgan fingerprint density at radius 2 is 2.11 bits per heavy atom. The van der Waals surface area contributed by atoms with Crippen molar-refractivity contribution < 1.29 is 4.79 Å². The molecule has 0 saturated heterocycles. The standard InChI is InChI=1S/C6H6N2O/c9-5-8-6-1-3-7-4-2-6/h1-5H,(H,7,8,9). The van der Waals surface area contributed by atoms with Crippen molar-refractivity contribution in [1.82, 2.24) is 4.98 Å². The first-order valence-corrected chi connectivity index (χ1v) is 2.53. The molecule has 0 radical (unpaired) electrons. The van der Waals surface area contributed by atoms with Crippen LogP contribution >= 0.6 is 0 Å². The molecule has 0 fully saturated rings. The van der Waals surface area contributed by atoms with Crippen LogP contribution in [0.25, 0.3) is 0 Å². The molecule has 1 amide bonds. The minimum atomic E-state index is 0.634. The summed E-state index contributed by atoms with van der Waals surface area (Å²) in [5, 5.41) is 2.49. The van der Waals surface area contributed by atoms with E-state index in [0.717, 1.165) is 5.69 Å². The van der Waals surface area contributed by atoms with Crippen molar-refractivity contribution >= 4 is 12.1 Å². The van der Waals surface area contributed by atoms with E-state index in [9.17, 15) is 4.79 Å². The van der Waals surface area contributed by atoms with Crippen LogP contribution in [-0.2, 0) is 4.79 Å². The quantitative estimate of drug-likeness (QED) is 0.585. The van der Waals surface area contributed by atoms with E-state index >= 15 is 0 Å². The largest absolute Gasteiger partial charge is 0.329 e. The number of hydrogen-bond acceptors (Lipinski definition) is 2. The summed E-state index contributed by atoms with van der Waals surface area (Å²) < 4.78 is 0. The molecule has 46 valence electrons. The number of nitrogens with one attached hydrogen (secondary N) is 1. The zero-order valence-electron chi connectivity index (χ0n) is 4.74. The topological polar surface area (TPSA) is 42.0 Å². The van der Waals surface area contributed by atoms with E-state index in [4.69, 9.17) is 0 Å². The van der Waals surface area contributed by atoms with Crippen molar-refractivity contribution in [3.63, 3.8) is 0 Å². The van der Waals surface area contributed by atoms with Crippen LogP contribution in [0.15, 0.2) is 24.5 Å². The normalized spacial score (nSPS) is 8.44. The Morgan fingerprint density at radius 1 is 1.44 bits per heavy atom. The second kappa shape index (κ2) is 2.81. The van der Waals surface area contributed by atoms with Crippen molar-refractivity contribution in [3.8, 4) is 0 Å². The van der Waals surface area contributed by atoms with Gasteiger partial charge in [0, 0.05) is 18.1 Å². The SMILES string of the molecule is O=CNc1ccncc1. The fourth-order valence-electron chi connectivity index (χ4n) is 0.516. The Kier molecular flexibility index (Phi) is 1.80. The first-order valence-electron chi connectivity index (χ1n) is 2.53. The van der Waals surface area contributed by atoms with Crippen LogP contribution < -0.4 is 5.32 Å². The molecule has 0 saturated carbocycles. The molecule has 1 aromatic rings. The predicted molar refractivity (Wildman–Crippen MR) is 33.9 cm³/mol. The summed E-state index contributed by atoms with van der Waals surface area (Å²) in [6.07, 6.45) is 3.87. The molecule has 0 bridgehead atoms. The maximum Gasteiger partial charge on any atom is 0.211 e. The van der Waals surface area contributed by atoms with Gasteiger partial charge in [0.15, 0.2) is 0 Å². The zero-order valence-corrected chi connectivity index (χ0v) is 4.74. The van der Waals surface area contributed by atoms with E-state index in [1.807, 2.05) is 0 Å². The Morgan fingerprint density at radius 3 is 2.67 bits per heavy atom. The first kappa shape index (κ1) is 5.75. The van der Waals surface area contributed by atoms with Gasteiger partial charge in [0.05, 0.1) is 0 Å². The number of carbonyl (C=O) groups excluding carboxylic acids is 1. The fourth-order valence-corrected chi connectivity index (χ4v) is 0.516. The highest BCUT2D eigenvalue weighted by Crippen LogP contribution is 1.99. The molecule has 1 N–H and O–H groups in total. The van der Waals surface area contributed by atoms with E-state index in [2.05, 4.69) is 10.3 Å². The van der Waals surface area contributed by atoms with Crippen LogP contribution in [0, 0.1) is 0 Å². The van der Waals surface area contributed by atoms with Crippen LogP contribution in [0.4, 0.5) is 5.69 Å². The van der Waals surface area contributed by atoms with Gasteiger partial charge in [-0.15, -0.1) is 0 Å². The van der Waals surface area contributed by atoms with Gasteiger partial charge in [-0.2, -0.15) is 0 Å². The number of nitrogens with zero attached hydrogens (tertiary/aromatic N) is 1. The summed E-state index contributed by atoms with van der Waals surface area (Å²) in [4.78, 5) is 13.6. The maximum atomic E-state index is 9.84. The summed E-state index contributed by atoms with van der Waals surface area (Å²) >= 11 is 0. The van der Waals surface area contributed by atoms with Crippen molar-refractivity contribution in [3.05, 3.63) is 24.5 Å². The number of amides is 1. The molecule has 1 rings (SSSR count). The molecular weight excluding hydrogens is 116 g/mol. The van der Waals surface area contributed by atoms with E-state index in [0.29, 0.717) is 6.41 Å². The summed E-state index contributed by atoms with van der Waals surface area (Å²) in [7, 11) is 0. The average Bonchev–Trinajstić information content (AvgIpc) is 1.91. The number of anilines is 1. The highest BCUT2D eigenvalue weighted by atomic mass is 16.1. The maximum absolute atomic E-state index is 9.84. The first-order chi connectivity index (χ1) is 4.43. The van der Waals surface area contributed by atoms with Crippen molar-refractivity contribution in [2.45, 2.75) is 0 Å². The lowest BCUT2D eigenvalue weighted by Crippen LogP contribution is -1.92. The molecule has 0 aromatic carbocycles. The van der Waals surface area contributed by atoms with Crippen LogP contribution in [-0.4, -0.2) is 11.4 Å². The molecule has 1 aromatic heterocycles. The zero-order chi connectivity index (χ0) is 6.53. The van der Waals surface area contributed by atoms with Gasteiger partial charge in [0.2, 0.25) is 6.41 Å². The Labute approximate surface area is 52.7 Å². The highest BCUT2D eigenvalue weighted by molar-refractivity contribution is 5.70. The van der Waals surface area contributed by atoms with Gasteiger partial charge in [-0.25, -0.2) is 0 Å². The molecule has 0 aliphatic carbocycles. The monoisotopic (exact) mass is 122 g/mol. The fraction of sp³-hybridized carbons (Fsp3) is 0. The number of aromatic nitrogens is 1. The number of carbonyl (C=O) groups is 1. The van der Waals surface area contributed by atoms with Gasteiger partial charge in [0.1, 0.15) is 0 Å². The molecule has 0 aliphatic rings. The number of rotatable bonds is 2. The third kappa shape index (κ3) is 1.53. The molecule has 0 spiro atoms.